The van der Waals surface area contributed by atoms with Crippen LogP contribution in [0.4, 0.5) is 4.39 Å². The number of thiophene rings is 1. The van der Waals surface area contributed by atoms with E-state index < -0.39 is 5.82 Å². The second-order valence-electron chi connectivity index (χ2n) is 3.22. The highest BCUT2D eigenvalue weighted by Crippen LogP contribution is 2.12. The van der Waals surface area contributed by atoms with E-state index >= 15 is 0 Å². The first-order chi connectivity index (χ1) is 7.75. The fraction of sp³-hybridized carbons (Fsp3) is 0. The van der Waals surface area contributed by atoms with Crippen LogP contribution < -0.4 is 0 Å². The van der Waals surface area contributed by atoms with Crippen molar-refractivity contribution in [3.8, 4) is 0 Å². The van der Waals surface area contributed by atoms with Crippen LogP contribution in [0, 0.1) is 5.82 Å². The summed E-state index contributed by atoms with van der Waals surface area (Å²) in [6.45, 7) is 0. The minimum atomic E-state index is -0.393. The van der Waals surface area contributed by atoms with Crippen LogP contribution in [0.3, 0.4) is 0 Å². The first-order valence-corrected chi connectivity index (χ1v) is 5.65. The third kappa shape index (κ3) is 2.64. The Labute approximate surface area is 96.9 Å². The van der Waals surface area contributed by atoms with Crippen molar-refractivity contribution in [3.63, 3.8) is 0 Å². The van der Waals surface area contributed by atoms with E-state index in [-0.39, 0.29) is 5.78 Å². The molecule has 0 bridgehead atoms. The lowest BCUT2D eigenvalue weighted by atomic mass is 10.1. The lowest BCUT2D eigenvalue weighted by Crippen LogP contribution is -1.94. The summed E-state index contributed by atoms with van der Waals surface area (Å²) in [5.74, 6) is -0.580. The van der Waals surface area contributed by atoms with Crippen LogP contribution in [0.1, 0.15) is 15.2 Å². The molecule has 1 nitrogen and oxygen atoms in total. The van der Waals surface area contributed by atoms with Gasteiger partial charge in [-0.25, -0.2) is 4.39 Å². The SMILES string of the molecule is O=C(/C=C/c1cccs1)c1cccc(F)c1. The second kappa shape index (κ2) is 4.86. The Balaban J connectivity index is 2.15. The molecule has 0 aliphatic rings. The van der Waals surface area contributed by atoms with Crippen molar-refractivity contribution in [2.75, 3.05) is 0 Å². The van der Waals surface area contributed by atoms with Gasteiger partial charge in [-0.15, -0.1) is 11.3 Å². The Hall–Kier alpha value is -1.74. The van der Waals surface area contributed by atoms with Gasteiger partial charge in [0.1, 0.15) is 5.82 Å². The van der Waals surface area contributed by atoms with Gasteiger partial charge in [0.2, 0.25) is 0 Å². The number of hydrogen-bond donors (Lipinski definition) is 0. The minimum absolute atomic E-state index is 0.187. The summed E-state index contributed by atoms with van der Waals surface area (Å²) in [6, 6.07) is 9.52. The predicted octanol–water partition coefficient (Wildman–Crippen LogP) is 3.78. The fourth-order valence-electron chi connectivity index (χ4n) is 1.28. The van der Waals surface area contributed by atoms with Crippen LogP contribution in [0.25, 0.3) is 6.08 Å². The Bertz CT molecular complexity index is 514. The van der Waals surface area contributed by atoms with Crippen molar-refractivity contribution in [2.45, 2.75) is 0 Å². The molecule has 16 heavy (non-hydrogen) atoms. The van der Waals surface area contributed by atoms with E-state index in [4.69, 9.17) is 0 Å². The highest BCUT2D eigenvalue weighted by molar-refractivity contribution is 7.10. The van der Waals surface area contributed by atoms with Gasteiger partial charge >= 0.3 is 0 Å². The van der Waals surface area contributed by atoms with Crippen molar-refractivity contribution in [2.24, 2.45) is 0 Å². The van der Waals surface area contributed by atoms with Crippen LogP contribution in [0.5, 0.6) is 0 Å². The zero-order chi connectivity index (χ0) is 11.4. The molecular formula is C13H9FOS. The molecule has 3 heteroatoms. The van der Waals surface area contributed by atoms with Gasteiger partial charge in [0.15, 0.2) is 5.78 Å². The maximum Gasteiger partial charge on any atom is 0.185 e. The van der Waals surface area contributed by atoms with Crippen LogP contribution >= 0.6 is 11.3 Å². The summed E-state index contributed by atoms with van der Waals surface area (Å²) in [5.41, 5.74) is 0.368. The zero-order valence-electron chi connectivity index (χ0n) is 8.39. The molecule has 0 N–H and O–H groups in total. The van der Waals surface area contributed by atoms with Crippen molar-refractivity contribution in [1.82, 2.24) is 0 Å². The van der Waals surface area contributed by atoms with Crippen LogP contribution in [0.15, 0.2) is 47.9 Å². The van der Waals surface area contributed by atoms with E-state index in [0.29, 0.717) is 5.56 Å². The Morgan fingerprint density at radius 2 is 2.12 bits per heavy atom. The monoisotopic (exact) mass is 232 g/mol. The van der Waals surface area contributed by atoms with Crippen molar-refractivity contribution in [3.05, 3.63) is 64.1 Å². The molecule has 0 aliphatic heterocycles. The highest BCUT2D eigenvalue weighted by atomic mass is 32.1. The molecule has 0 amide bonds. The number of carbonyl (C=O) groups is 1. The molecule has 0 radical (unpaired) electrons. The van der Waals surface area contributed by atoms with E-state index in [1.54, 1.807) is 23.5 Å². The summed E-state index contributed by atoms with van der Waals surface area (Å²) < 4.78 is 12.9. The van der Waals surface area contributed by atoms with Gasteiger partial charge < -0.3 is 0 Å². The van der Waals surface area contributed by atoms with E-state index in [9.17, 15) is 9.18 Å². The molecule has 2 rings (SSSR count). The smallest absolute Gasteiger partial charge is 0.185 e. The molecule has 1 aromatic heterocycles. The molecule has 0 aliphatic carbocycles. The largest absolute Gasteiger partial charge is 0.289 e. The molecular weight excluding hydrogens is 223 g/mol. The first kappa shape index (κ1) is 10.8. The molecule has 0 atom stereocenters. The number of halogens is 1. The van der Waals surface area contributed by atoms with E-state index in [2.05, 4.69) is 0 Å². The Kier molecular flexibility index (Phi) is 3.27. The summed E-state index contributed by atoms with van der Waals surface area (Å²) >= 11 is 1.55. The fourth-order valence-corrected chi connectivity index (χ4v) is 1.90. The molecule has 1 aromatic carbocycles. The number of allylic oxidation sites excluding steroid dienone is 1. The summed E-state index contributed by atoms with van der Waals surface area (Å²) in [7, 11) is 0. The summed E-state index contributed by atoms with van der Waals surface area (Å²) in [6.07, 6.45) is 3.19. The summed E-state index contributed by atoms with van der Waals surface area (Å²) in [4.78, 5) is 12.6. The Morgan fingerprint density at radius 1 is 1.25 bits per heavy atom. The van der Waals surface area contributed by atoms with E-state index in [1.807, 2.05) is 17.5 Å². The molecule has 0 saturated carbocycles. The van der Waals surface area contributed by atoms with Crippen molar-refractivity contribution >= 4 is 23.2 Å². The molecule has 0 spiro atoms. The number of benzene rings is 1. The highest BCUT2D eigenvalue weighted by Gasteiger charge is 2.02. The maximum absolute atomic E-state index is 12.9. The first-order valence-electron chi connectivity index (χ1n) is 4.77. The molecule has 80 valence electrons. The third-order valence-corrected chi connectivity index (χ3v) is 2.89. The van der Waals surface area contributed by atoms with Crippen molar-refractivity contribution in [1.29, 1.82) is 0 Å². The summed E-state index contributed by atoms with van der Waals surface area (Å²) in [5, 5.41) is 1.94. The van der Waals surface area contributed by atoms with Gasteiger partial charge in [-0.05, 0) is 35.7 Å². The van der Waals surface area contributed by atoms with Gasteiger partial charge in [-0.3, -0.25) is 4.79 Å². The molecule has 1 heterocycles. The number of carbonyl (C=O) groups excluding carboxylic acids is 1. The molecule has 0 saturated heterocycles. The normalized spacial score (nSPS) is 10.8. The second-order valence-corrected chi connectivity index (χ2v) is 4.20. The van der Waals surface area contributed by atoms with Crippen LogP contribution in [-0.2, 0) is 0 Å². The topological polar surface area (TPSA) is 17.1 Å². The van der Waals surface area contributed by atoms with E-state index in [0.717, 1.165) is 4.88 Å². The third-order valence-electron chi connectivity index (χ3n) is 2.05. The molecule has 0 unspecified atom stereocenters. The lowest BCUT2D eigenvalue weighted by molar-refractivity contribution is 0.104. The lowest BCUT2D eigenvalue weighted by Gasteiger charge is -1.94. The maximum atomic E-state index is 12.9. The zero-order valence-corrected chi connectivity index (χ0v) is 9.21. The average Bonchev–Trinajstić information content (AvgIpc) is 2.78. The van der Waals surface area contributed by atoms with Gasteiger partial charge in [0.25, 0.3) is 0 Å². The van der Waals surface area contributed by atoms with Crippen LogP contribution in [0.2, 0.25) is 0 Å². The number of rotatable bonds is 3. The molecule has 2 aromatic rings. The predicted molar refractivity (Wildman–Crippen MR) is 64.1 cm³/mol. The van der Waals surface area contributed by atoms with Gasteiger partial charge in [0, 0.05) is 10.4 Å². The van der Waals surface area contributed by atoms with Crippen molar-refractivity contribution < 1.29 is 9.18 Å². The minimum Gasteiger partial charge on any atom is -0.289 e. The average molecular weight is 232 g/mol. The van der Waals surface area contributed by atoms with Crippen LogP contribution in [-0.4, -0.2) is 5.78 Å². The molecule has 0 fully saturated rings. The quantitative estimate of drug-likeness (QED) is 0.581. The number of hydrogen-bond acceptors (Lipinski definition) is 2. The van der Waals surface area contributed by atoms with E-state index in [1.165, 1.54) is 24.3 Å². The Morgan fingerprint density at radius 3 is 2.81 bits per heavy atom. The standard InChI is InChI=1S/C13H9FOS/c14-11-4-1-3-10(9-11)13(15)7-6-12-5-2-8-16-12/h1-9H/b7-6+. The van der Waals surface area contributed by atoms with Gasteiger partial charge in [-0.1, -0.05) is 18.2 Å². The number of ketones is 1. The van der Waals surface area contributed by atoms with Gasteiger partial charge in [-0.2, -0.15) is 0 Å². The van der Waals surface area contributed by atoms with Gasteiger partial charge in [0.05, 0.1) is 0 Å².